The minimum atomic E-state index is 0.684. The summed E-state index contributed by atoms with van der Waals surface area (Å²) in [7, 11) is 1.80. The number of aliphatic imine (C=N–C) groups is 1. The maximum atomic E-state index is 5.75. The van der Waals surface area contributed by atoms with Crippen LogP contribution in [-0.4, -0.2) is 64.0 Å². The van der Waals surface area contributed by atoms with E-state index in [2.05, 4.69) is 22.2 Å². The third kappa shape index (κ3) is 10.1. The summed E-state index contributed by atoms with van der Waals surface area (Å²) in [5.41, 5.74) is 0. The van der Waals surface area contributed by atoms with Crippen LogP contribution in [-0.2, 0) is 9.47 Å². The van der Waals surface area contributed by atoms with Crippen molar-refractivity contribution in [2.75, 3.05) is 58.1 Å². The molecule has 0 aliphatic carbocycles. The highest BCUT2D eigenvalue weighted by atomic mass is 32.2. The summed E-state index contributed by atoms with van der Waals surface area (Å²) in [5, 5.41) is 6.61. The fourth-order valence-corrected chi connectivity index (χ4v) is 2.75. The second-order valence-corrected chi connectivity index (χ2v) is 6.42. The second-order valence-electron chi connectivity index (χ2n) is 5.27. The molecule has 128 valence electrons. The Hall–Kier alpha value is -0.720. The monoisotopic (exact) mass is 329 g/mol. The molecule has 0 amide bonds. The van der Waals surface area contributed by atoms with E-state index in [1.54, 1.807) is 7.05 Å². The van der Waals surface area contributed by atoms with Crippen LogP contribution in [0.25, 0.3) is 0 Å². The zero-order valence-corrected chi connectivity index (χ0v) is 14.6. The van der Waals surface area contributed by atoms with Gasteiger partial charge in [-0.15, -0.1) is 6.58 Å². The lowest BCUT2D eigenvalue weighted by Gasteiger charge is -2.21. The van der Waals surface area contributed by atoms with Crippen molar-refractivity contribution in [3.8, 4) is 0 Å². The van der Waals surface area contributed by atoms with Crippen LogP contribution in [0.15, 0.2) is 17.6 Å². The van der Waals surface area contributed by atoms with Crippen LogP contribution in [0.5, 0.6) is 0 Å². The van der Waals surface area contributed by atoms with Gasteiger partial charge in [0.25, 0.3) is 0 Å². The smallest absolute Gasteiger partial charge is 0.191 e. The number of thioether (sulfide) groups is 1. The number of nitrogens with one attached hydrogen (secondary N) is 2. The molecule has 5 nitrogen and oxygen atoms in total. The van der Waals surface area contributed by atoms with E-state index in [0.29, 0.717) is 5.92 Å². The van der Waals surface area contributed by atoms with Crippen molar-refractivity contribution < 1.29 is 9.47 Å². The maximum Gasteiger partial charge on any atom is 0.191 e. The quantitative estimate of drug-likeness (QED) is 0.262. The van der Waals surface area contributed by atoms with Crippen molar-refractivity contribution >= 4 is 17.7 Å². The van der Waals surface area contributed by atoms with E-state index in [-0.39, 0.29) is 0 Å². The zero-order chi connectivity index (χ0) is 15.9. The van der Waals surface area contributed by atoms with E-state index >= 15 is 0 Å². The first-order valence-corrected chi connectivity index (χ1v) is 9.31. The van der Waals surface area contributed by atoms with Crippen LogP contribution >= 0.6 is 11.8 Å². The first-order chi connectivity index (χ1) is 10.9. The fourth-order valence-electron chi connectivity index (χ4n) is 2.17. The van der Waals surface area contributed by atoms with Gasteiger partial charge in [0.05, 0.1) is 0 Å². The van der Waals surface area contributed by atoms with Crippen molar-refractivity contribution in [1.82, 2.24) is 10.6 Å². The molecule has 1 fully saturated rings. The lowest BCUT2D eigenvalue weighted by atomic mass is 10.0. The summed E-state index contributed by atoms with van der Waals surface area (Å²) >= 11 is 1.86. The molecule has 0 unspecified atom stereocenters. The summed E-state index contributed by atoms with van der Waals surface area (Å²) in [6.07, 6.45) is 5.20. The minimum Gasteiger partial charge on any atom is -0.381 e. The van der Waals surface area contributed by atoms with Crippen molar-refractivity contribution in [1.29, 1.82) is 0 Å². The minimum absolute atomic E-state index is 0.684. The number of rotatable bonds is 11. The Morgan fingerprint density at radius 2 is 2.14 bits per heavy atom. The van der Waals surface area contributed by atoms with Gasteiger partial charge in [0.2, 0.25) is 0 Å². The Morgan fingerprint density at radius 1 is 1.36 bits per heavy atom. The molecule has 0 spiro atoms. The van der Waals surface area contributed by atoms with Crippen LogP contribution < -0.4 is 10.6 Å². The molecule has 0 saturated carbocycles. The predicted octanol–water partition coefficient (Wildman–Crippen LogP) is 1.90. The summed E-state index contributed by atoms with van der Waals surface area (Å²) in [5.74, 6) is 3.60. The molecule has 1 rings (SSSR count). The van der Waals surface area contributed by atoms with E-state index in [1.165, 1.54) is 0 Å². The van der Waals surface area contributed by atoms with Gasteiger partial charge >= 0.3 is 0 Å². The van der Waals surface area contributed by atoms with E-state index in [1.807, 2.05) is 17.8 Å². The van der Waals surface area contributed by atoms with Crippen LogP contribution in [0.1, 0.15) is 19.3 Å². The molecule has 0 bridgehead atoms. The van der Waals surface area contributed by atoms with Gasteiger partial charge in [0.1, 0.15) is 0 Å². The molecule has 0 aromatic carbocycles. The molecule has 1 heterocycles. The van der Waals surface area contributed by atoms with Crippen LogP contribution in [0.4, 0.5) is 0 Å². The first kappa shape index (κ1) is 19.3. The number of nitrogens with zero attached hydrogens (tertiary/aromatic N) is 1. The summed E-state index contributed by atoms with van der Waals surface area (Å²) in [4.78, 5) is 4.21. The van der Waals surface area contributed by atoms with Gasteiger partial charge in [0.15, 0.2) is 5.96 Å². The summed E-state index contributed by atoms with van der Waals surface area (Å²) < 4.78 is 11.1. The molecule has 0 aromatic rings. The lowest BCUT2D eigenvalue weighted by Crippen LogP contribution is -2.39. The van der Waals surface area contributed by atoms with Crippen molar-refractivity contribution in [2.45, 2.75) is 19.3 Å². The van der Waals surface area contributed by atoms with Gasteiger partial charge in [-0.1, -0.05) is 6.08 Å². The molecule has 22 heavy (non-hydrogen) atoms. The van der Waals surface area contributed by atoms with Gasteiger partial charge in [-0.05, 0) is 25.2 Å². The summed E-state index contributed by atoms with van der Waals surface area (Å²) in [6.45, 7) is 8.96. The van der Waals surface area contributed by atoms with E-state index in [4.69, 9.17) is 9.47 Å². The molecule has 2 N–H and O–H groups in total. The average molecular weight is 330 g/mol. The molecular formula is C16H31N3O2S. The number of ether oxygens (including phenoxy) is 2. The number of guanidine groups is 1. The molecule has 0 radical (unpaired) electrons. The van der Waals surface area contributed by atoms with Crippen molar-refractivity contribution in [3.63, 3.8) is 0 Å². The standard InChI is InChI=1S/C16H31N3O2S/c1-3-12-22-13-8-19-16(17-2)18-7-4-9-21-14-15-5-10-20-11-6-15/h3,15H,1,4-14H2,2H3,(H2,17,18,19). The highest BCUT2D eigenvalue weighted by Crippen LogP contribution is 2.14. The Kier molecular flexibility index (Phi) is 12.2. The third-order valence-corrected chi connectivity index (χ3v) is 4.41. The molecular weight excluding hydrogens is 298 g/mol. The SMILES string of the molecule is C=CCSCCNC(=NC)NCCCOCC1CCOCC1. The van der Waals surface area contributed by atoms with Gasteiger partial charge in [-0.25, -0.2) is 0 Å². The first-order valence-electron chi connectivity index (χ1n) is 8.15. The van der Waals surface area contributed by atoms with Crippen molar-refractivity contribution in [2.24, 2.45) is 10.9 Å². The number of hydrogen-bond acceptors (Lipinski definition) is 4. The molecule has 1 aliphatic rings. The Labute approximate surface area is 139 Å². The Morgan fingerprint density at radius 3 is 2.86 bits per heavy atom. The molecule has 0 aromatic heterocycles. The predicted molar refractivity (Wildman–Crippen MR) is 95.9 cm³/mol. The Balaban J connectivity index is 1.91. The van der Waals surface area contributed by atoms with Gasteiger partial charge in [-0.3, -0.25) is 4.99 Å². The second kappa shape index (κ2) is 13.9. The lowest BCUT2D eigenvalue weighted by molar-refractivity contribution is 0.0203. The maximum absolute atomic E-state index is 5.75. The van der Waals surface area contributed by atoms with E-state index in [9.17, 15) is 0 Å². The largest absolute Gasteiger partial charge is 0.381 e. The van der Waals surface area contributed by atoms with Gasteiger partial charge < -0.3 is 20.1 Å². The van der Waals surface area contributed by atoms with Crippen LogP contribution in [0, 0.1) is 5.92 Å². The van der Waals surface area contributed by atoms with Crippen molar-refractivity contribution in [3.05, 3.63) is 12.7 Å². The average Bonchev–Trinajstić information content (AvgIpc) is 2.56. The summed E-state index contributed by atoms with van der Waals surface area (Å²) in [6, 6.07) is 0. The fraction of sp³-hybridized carbons (Fsp3) is 0.812. The molecule has 1 saturated heterocycles. The van der Waals surface area contributed by atoms with E-state index in [0.717, 1.165) is 76.2 Å². The van der Waals surface area contributed by atoms with Crippen LogP contribution in [0.2, 0.25) is 0 Å². The highest BCUT2D eigenvalue weighted by Gasteiger charge is 2.13. The molecule has 6 heteroatoms. The molecule has 0 atom stereocenters. The topological polar surface area (TPSA) is 54.9 Å². The normalized spacial score (nSPS) is 16.5. The molecule has 1 aliphatic heterocycles. The highest BCUT2D eigenvalue weighted by molar-refractivity contribution is 7.99. The zero-order valence-electron chi connectivity index (χ0n) is 13.8. The van der Waals surface area contributed by atoms with Gasteiger partial charge in [-0.2, -0.15) is 11.8 Å². The van der Waals surface area contributed by atoms with Gasteiger partial charge in [0, 0.05) is 58.1 Å². The van der Waals surface area contributed by atoms with Crippen LogP contribution in [0.3, 0.4) is 0 Å². The Bertz CT molecular complexity index is 308. The third-order valence-electron chi connectivity index (χ3n) is 3.45. The van der Waals surface area contributed by atoms with E-state index < -0.39 is 0 Å². The number of hydrogen-bond donors (Lipinski definition) is 2.